The summed E-state index contributed by atoms with van der Waals surface area (Å²) >= 11 is 9.28. The Labute approximate surface area is 177 Å². The first kappa shape index (κ1) is 22.0. The van der Waals surface area contributed by atoms with Gasteiger partial charge in [-0.25, -0.2) is 0 Å². The highest BCUT2D eigenvalue weighted by Crippen LogP contribution is 2.28. The van der Waals surface area contributed by atoms with Gasteiger partial charge in [-0.3, -0.25) is 9.59 Å². The summed E-state index contributed by atoms with van der Waals surface area (Å²) in [5, 5.41) is 3.13. The second-order valence-electron chi connectivity index (χ2n) is 6.03. The molecule has 0 aliphatic rings. The van der Waals surface area contributed by atoms with E-state index in [2.05, 4.69) is 21.2 Å². The van der Waals surface area contributed by atoms with Gasteiger partial charge in [0.2, 0.25) is 5.91 Å². The fourth-order valence-electron chi connectivity index (χ4n) is 2.57. The number of benzene rings is 2. The van der Waals surface area contributed by atoms with Gasteiger partial charge in [0.1, 0.15) is 17.5 Å². The molecule has 150 valence electrons. The Balaban J connectivity index is 2.17. The van der Waals surface area contributed by atoms with Crippen LogP contribution in [0.25, 0.3) is 0 Å². The van der Waals surface area contributed by atoms with E-state index in [1.807, 2.05) is 24.3 Å². The number of rotatable bonds is 8. The Kier molecular flexibility index (Phi) is 8.14. The maximum atomic E-state index is 12.9. The zero-order chi connectivity index (χ0) is 20.7. The summed E-state index contributed by atoms with van der Waals surface area (Å²) in [6, 6.07) is 11.7. The third-order valence-electron chi connectivity index (χ3n) is 4.15. The molecule has 1 atom stereocenters. The summed E-state index contributed by atoms with van der Waals surface area (Å²) in [6.07, 6.45) is 0. The number of ether oxygens (including phenoxy) is 2. The van der Waals surface area contributed by atoms with Gasteiger partial charge in [0.25, 0.3) is 5.91 Å². The van der Waals surface area contributed by atoms with Crippen LogP contribution < -0.4 is 14.8 Å². The second kappa shape index (κ2) is 10.3. The van der Waals surface area contributed by atoms with Crippen LogP contribution in [0.5, 0.6) is 11.5 Å². The number of amides is 2. The van der Waals surface area contributed by atoms with Crippen LogP contribution in [0.2, 0.25) is 5.02 Å². The number of methoxy groups -OCH3 is 1. The van der Waals surface area contributed by atoms with Crippen molar-refractivity contribution in [2.24, 2.45) is 0 Å². The van der Waals surface area contributed by atoms with Crippen molar-refractivity contribution in [3.05, 3.63) is 57.5 Å². The maximum Gasteiger partial charge on any atom is 0.261 e. The molecule has 0 aliphatic heterocycles. The molecular formula is C20H22BrClN2O4. The number of hydrogen-bond donors (Lipinski definition) is 1. The average molecular weight is 470 g/mol. The topological polar surface area (TPSA) is 67.9 Å². The molecule has 1 unspecified atom stereocenters. The molecule has 0 heterocycles. The van der Waals surface area contributed by atoms with Crippen LogP contribution in [0, 0.1) is 0 Å². The third kappa shape index (κ3) is 5.87. The number of nitrogens with zero attached hydrogens (tertiary/aromatic N) is 1. The molecule has 0 aliphatic carbocycles. The van der Waals surface area contributed by atoms with E-state index in [1.54, 1.807) is 32.2 Å². The van der Waals surface area contributed by atoms with Gasteiger partial charge in [0, 0.05) is 18.6 Å². The van der Waals surface area contributed by atoms with Crippen molar-refractivity contribution in [3.63, 3.8) is 0 Å². The predicted molar refractivity (Wildman–Crippen MR) is 112 cm³/mol. The van der Waals surface area contributed by atoms with E-state index >= 15 is 0 Å². The van der Waals surface area contributed by atoms with Gasteiger partial charge in [0.05, 0.1) is 11.6 Å². The molecule has 2 rings (SSSR count). The lowest BCUT2D eigenvalue weighted by Gasteiger charge is -2.28. The van der Waals surface area contributed by atoms with Gasteiger partial charge in [-0.15, -0.1) is 0 Å². The van der Waals surface area contributed by atoms with E-state index in [0.29, 0.717) is 21.0 Å². The van der Waals surface area contributed by atoms with E-state index in [4.69, 9.17) is 21.1 Å². The first-order chi connectivity index (χ1) is 13.3. The molecule has 0 saturated carbocycles. The van der Waals surface area contributed by atoms with Gasteiger partial charge in [0.15, 0.2) is 6.61 Å². The molecule has 0 bridgehead atoms. The molecule has 0 spiro atoms. The largest absolute Gasteiger partial charge is 0.497 e. The normalized spacial score (nSPS) is 11.5. The van der Waals surface area contributed by atoms with E-state index in [-0.39, 0.29) is 25.0 Å². The van der Waals surface area contributed by atoms with Crippen LogP contribution in [0.15, 0.2) is 46.9 Å². The number of likely N-dealkylation sites (N-methyl/N-ethyl adjacent to an activating group) is 1. The Hall–Kier alpha value is -2.25. The third-order valence-corrected chi connectivity index (χ3v) is 5.00. The van der Waals surface area contributed by atoms with Gasteiger partial charge in [-0.2, -0.15) is 0 Å². The lowest BCUT2D eigenvalue weighted by Crippen LogP contribution is -2.48. The molecule has 2 aromatic rings. The van der Waals surface area contributed by atoms with Crippen LogP contribution in [0.1, 0.15) is 12.5 Å². The quantitative estimate of drug-likeness (QED) is 0.641. The second-order valence-corrected chi connectivity index (χ2v) is 7.32. The molecule has 0 fully saturated rings. The minimum atomic E-state index is -0.666. The van der Waals surface area contributed by atoms with Gasteiger partial charge in [-0.05, 0) is 58.7 Å². The molecule has 2 aromatic carbocycles. The van der Waals surface area contributed by atoms with Crippen LogP contribution in [0.4, 0.5) is 0 Å². The zero-order valence-electron chi connectivity index (χ0n) is 15.9. The molecule has 0 aromatic heterocycles. The Bertz CT molecular complexity index is 847. The van der Waals surface area contributed by atoms with Crippen LogP contribution in [0.3, 0.4) is 0 Å². The van der Waals surface area contributed by atoms with Crippen molar-refractivity contribution < 1.29 is 19.1 Å². The molecule has 28 heavy (non-hydrogen) atoms. The highest BCUT2D eigenvalue weighted by Gasteiger charge is 2.26. The molecule has 0 saturated heterocycles. The Morgan fingerprint density at radius 1 is 1.25 bits per heavy atom. The predicted octanol–water partition coefficient (Wildman–Crippen LogP) is 3.65. The van der Waals surface area contributed by atoms with Crippen molar-refractivity contribution in [3.8, 4) is 11.5 Å². The fourth-order valence-corrected chi connectivity index (χ4v) is 3.37. The van der Waals surface area contributed by atoms with E-state index < -0.39 is 6.04 Å². The number of hydrogen-bond acceptors (Lipinski definition) is 4. The fraction of sp³-hybridized carbons (Fsp3) is 0.300. The molecule has 0 radical (unpaired) electrons. The van der Waals surface area contributed by atoms with Crippen LogP contribution in [-0.4, -0.2) is 43.5 Å². The van der Waals surface area contributed by atoms with Crippen molar-refractivity contribution in [1.82, 2.24) is 10.2 Å². The minimum absolute atomic E-state index is 0.217. The average Bonchev–Trinajstić information content (AvgIpc) is 2.70. The number of carbonyl (C=O) groups is 2. The molecule has 8 heteroatoms. The summed E-state index contributed by atoms with van der Waals surface area (Å²) in [5.41, 5.74) is 0.844. The SMILES string of the molecule is CNC(=O)C(C)N(Cc1cccc(OC)c1)C(=O)COc1ccc(Cl)cc1Br. The van der Waals surface area contributed by atoms with Gasteiger partial charge < -0.3 is 19.7 Å². The molecule has 6 nitrogen and oxygen atoms in total. The standard InChI is InChI=1S/C20H22BrClN2O4/c1-13(20(26)23-2)24(11-14-5-4-6-16(9-14)27-3)19(25)12-28-18-8-7-15(22)10-17(18)21/h4-10,13H,11-12H2,1-3H3,(H,23,26). The summed E-state index contributed by atoms with van der Waals surface area (Å²) in [7, 11) is 3.11. The summed E-state index contributed by atoms with van der Waals surface area (Å²) in [5.74, 6) is 0.593. The Morgan fingerprint density at radius 2 is 2.00 bits per heavy atom. The first-order valence-electron chi connectivity index (χ1n) is 8.57. The van der Waals surface area contributed by atoms with E-state index in [9.17, 15) is 9.59 Å². The van der Waals surface area contributed by atoms with Crippen LogP contribution >= 0.6 is 27.5 Å². The lowest BCUT2D eigenvalue weighted by molar-refractivity contribution is -0.142. The summed E-state index contributed by atoms with van der Waals surface area (Å²) < 4.78 is 11.5. The summed E-state index contributed by atoms with van der Waals surface area (Å²) in [6.45, 7) is 1.70. The lowest BCUT2D eigenvalue weighted by atomic mass is 10.1. The monoisotopic (exact) mass is 468 g/mol. The van der Waals surface area contributed by atoms with Crippen molar-refractivity contribution in [2.75, 3.05) is 20.8 Å². The van der Waals surface area contributed by atoms with Crippen molar-refractivity contribution in [2.45, 2.75) is 19.5 Å². The van der Waals surface area contributed by atoms with Gasteiger partial charge in [-0.1, -0.05) is 23.7 Å². The highest BCUT2D eigenvalue weighted by molar-refractivity contribution is 9.10. The molecule has 1 N–H and O–H groups in total. The maximum absolute atomic E-state index is 12.9. The molecular weight excluding hydrogens is 448 g/mol. The van der Waals surface area contributed by atoms with Crippen LogP contribution in [-0.2, 0) is 16.1 Å². The van der Waals surface area contributed by atoms with E-state index in [0.717, 1.165) is 5.56 Å². The Morgan fingerprint density at radius 3 is 2.64 bits per heavy atom. The number of carbonyl (C=O) groups excluding carboxylic acids is 2. The highest BCUT2D eigenvalue weighted by atomic mass is 79.9. The zero-order valence-corrected chi connectivity index (χ0v) is 18.2. The smallest absolute Gasteiger partial charge is 0.261 e. The summed E-state index contributed by atoms with van der Waals surface area (Å²) in [4.78, 5) is 26.5. The number of nitrogens with one attached hydrogen (secondary N) is 1. The van der Waals surface area contributed by atoms with E-state index in [1.165, 1.54) is 11.9 Å². The minimum Gasteiger partial charge on any atom is -0.497 e. The first-order valence-corrected chi connectivity index (χ1v) is 9.74. The number of halogens is 2. The van der Waals surface area contributed by atoms with Crippen molar-refractivity contribution in [1.29, 1.82) is 0 Å². The van der Waals surface area contributed by atoms with Gasteiger partial charge >= 0.3 is 0 Å². The molecule has 2 amide bonds. The van der Waals surface area contributed by atoms with Crippen molar-refractivity contribution >= 4 is 39.3 Å².